The highest BCUT2D eigenvalue weighted by atomic mass is 14.4. The number of rotatable bonds is 1. The van der Waals surface area contributed by atoms with Crippen LogP contribution in [-0.2, 0) is 11.8 Å². The van der Waals surface area contributed by atoms with Crippen LogP contribution in [0.3, 0.4) is 0 Å². The smallest absolute Gasteiger partial charge is 0.00875 e. The van der Waals surface area contributed by atoms with Crippen molar-refractivity contribution in [3.05, 3.63) is 64.7 Å². The normalized spacial score (nSPS) is 17.5. The standard InChI is InChI=1S/C21H22/c1-13(2)19-12-21(3,4)20-10-15-9-14-7-5-6-8-16(14)17(15)11-18(19)20/h5-8,10-13H,9H2,1-4H3. The molecule has 0 saturated heterocycles. The molecule has 2 aliphatic carbocycles. The van der Waals surface area contributed by atoms with Crippen molar-refractivity contribution in [3.8, 4) is 11.1 Å². The van der Waals surface area contributed by atoms with Gasteiger partial charge in [0.25, 0.3) is 0 Å². The number of hydrogen-bond acceptors (Lipinski definition) is 0. The fourth-order valence-electron chi connectivity index (χ4n) is 3.98. The molecule has 0 fully saturated rings. The van der Waals surface area contributed by atoms with Crippen LogP contribution in [0, 0.1) is 5.92 Å². The van der Waals surface area contributed by atoms with Crippen LogP contribution in [0.4, 0.5) is 0 Å². The van der Waals surface area contributed by atoms with Gasteiger partial charge in [-0.15, -0.1) is 0 Å². The Hall–Kier alpha value is -1.82. The predicted molar refractivity (Wildman–Crippen MR) is 90.5 cm³/mol. The van der Waals surface area contributed by atoms with Gasteiger partial charge >= 0.3 is 0 Å². The molecule has 0 radical (unpaired) electrons. The predicted octanol–water partition coefficient (Wildman–Crippen LogP) is 5.59. The third-order valence-corrected chi connectivity index (χ3v) is 5.08. The molecule has 0 saturated carbocycles. The summed E-state index contributed by atoms with van der Waals surface area (Å²) in [7, 11) is 0. The maximum Gasteiger partial charge on any atom is 0.00875 e. The fraction of sp³-hybridized carbons (Fsp3) is 0.333. The molecule has 0 aromatic heterocycles. The molecule has 4 rings (SSSR count). The molecule has 2 aromatic rings. The van der Waals surface area contributed by atoms with E-state index in [1.165, 1.54) is 39.0 Å². The zero-order valence-corrected chi connectivity index (χ0v) is 13.3. The molecule has 2 aliphatic rings. The van der Waals surface area contributed by atoms with Crippen molar-refractivity contribution in [2.24, 2.45) is 5.92 Å². The van der Waals surface area contributed by atoms with Gasteiger partial charge in [0, 0.05) is 5.41 Å². The summed E-state index contributed by atoms with van der Waals surface area (Å²) < 4.78 is 0. The molecule has 0 amide bonds. The minimum absolute atomic E-state index is 0.165. The number of allylic oxidation sites excluding steroid dienone is 2. The first-order valence-electron chi connectivity index (χ1n) is 7.96. The average molecular weight is 274 g/mol. The second-order valence-electron chi connectivity index (χ2n) is 7.36. The zero-order chi connectivity index (χ0) is 14.8. The molecular weight excluding hydrogens is 252 g/mol. The lowest BCUT2D eigenvalue weighted by Gasteiger charge is -2.19. The highest BCUT2D eigenvalue weighted by Gasteiger charge is 2.33. The summed E-state index contributed by atoms with van der Waals surface area (Å²) in [4.78, 5) is 0. The van der Waals surface area contributed by atoms with Gasteiger partial charge in [0.2, 0.25) is 0 Å². The van der Waals surface area contributed by atoms with Crippen LogP contribution < -0.4 is 0 Å². The first kappa shape index (κ1) is 12.9. The summed E-state index contributed by atoms with van der Waals surface area (Å²) in [5, 5.41) is 0. The largest absolute Gasteiger partial charge is 0.0704 e. The Bertz CT molecular complexity index is 773. The van der Waals surface area contributed by atoms with Crippen LogP contribution in [0.5, 0.6) is 0 Å². The molecule has 106 valence electrons. The third-order valence-electron chi connectivity index (χ3n) is 5.08. The van der Waals surface area contributed by atoms with Crippen LogP contribution in [0.15, 0.2) is 42.5 Å². The van der Waals surface area contributed by atoms with Gasteiger partial charge in [-0.2, -0.15) is 0 Å². The molecule has 0 spiro atoms. The van der Waals surface area contributed by atoms with Gasteiger partial charge < -0.3 is 0 Å². The highest BCUT2D eigenvalue weighted by molar-refractivity contribution is 5.85. The van der Waals surface area contributed by atoms with Crippen molar-refractivity contribution in [2.75, 3.05) is 0 Å². The number of hydrogen-bond donors (Lipinski definition) is 0. The summed E-state index contributed by atoms with van der Waals surface area (Å²) >= 11 is 0. The third kappa shape index (κ3) is 1.75. The van der Waals surface area contributed by atoms with Gasteiger partial charge in [-0.25, -0.2) is 0 Å². The van der Waals surface area contributed by atoms with Gasteiger partial charge in [0.15, 0.2) is 0 Å². The minimum atomic E-state index is 0.165. The SMILES string of the molecule is CC(C)C1=CC(C)(C)c2cc3c(cc21)-c1ccccc1C3. The fourth-order valence-corrected chi connectivity index (χ4v) is 3.98. The van der Waals surface area contributed by atoms with E-state index in [9.17, 15) is 0 Å². The molecule has 0 unspecified atom stereocenters. The Morgan fingerprint density at radius 1 is 0.905 bits per heavy atom. The number of benzene rings is 2. The Morgan fingerprint density at radius 3 is 2.43 bits per heavy atom. The molecule has 21 heavy (non-hydrogen) atoms. The van der Waals surface area contributed by atoms with Crippen molar-refractivity contribution in [2.45, 2.75) is 39.5 Å². The second-order valence-corrected chi connectivity index (χ2v) is 7.36. The first-order valence-corrected chi connectivity index (χ1v) is 7.96. The number of fused-ring (bicyclic) bond motifs is 4. The van der Waals surface area contributed by atoms with Crippen LogP contribution >= 0.6 is 0 Å². The maximum absolute atomic E-state index is 2.48. The van der Waals surface area contributed by atoms with Gasteiger partial charge in [0.05, 0.1) is 0 Å². The van der Waals surface area contributed by atoms with Crippen LogP contribution in [0.1, 0.15) is 49.9 Å². The molecule has 0 bridgehead atoms. The van der Waals surface area contributed by atoms with Gasteiger partial charge in [-0.1, -0.05) is 64.1 Å². The lowest BCUT2D eigenvalue weighted by atomic mass is 9.85. The highest BCUT2D eigenvalue weighted by Crippen LogP contribution is 2.48. The topological polar surface area (TPSA) is 0 Å². The first-order chi connectivity index (χ1) is 9.97. The average Bonchev–Trinajstić information content (AvgIpc) is 2.92. The summed E-state index contributed by atoms with van der Waals surface area (Å²) in [5.41, 5.74) is 10.5. The maximum atomic E-state index is 2.48. The van der Waals surface area contributed by atoms with Crippen molar-refractivity contribution in [1.82, 2.24) is 0 Å². The van der Waals surface area contributed by atoms with Gasteiger partial charge in [-0.3, -0.25) is 0 Å². The van der Waals surface area contributed by atoms with Gasteiger partial charge in [0.1, 0.15) is 0 Å². The van der Waals surface area contributed by atoms with E-state index < -0.39 is 0 Å². The van der Waals surface area contributed by atoms with E-state index in [4.69, 9.17) is 0 Å². The van der Waals surface area contributed by atoms with E-state index in [0.717, 1.165) is 6.42 Å². The molecule has 2 aromatic carbocycles. The Balaban J connectivity index is 1.96. The molecule has 0 atom stereocenters. The van der Waals surface area contributed by atoms with Crippen LogP contribution in [0.2, 0.25) is 0 Å². The monoisotopic (exact) mass is 274 g/mol. The van der Waals surface area contributed by atoms with E-state index in [1.807, 2.05) is 0 Å². The van der Waals surface area contributed by atoms with E-state index in [0.29, 0.717) is 5.92 Å². The van der Waals surface area contributed by atoms with E-state index in [2.05, 4.69) is 70.2 Å². The van der Waals surface area contributed by atoms with Crippen molar-refractivity contribution < 1.29 is 0 Å². The molecule has 0 N–H and O–H groups in total. The van der Waals surface area contributed by atoms with Crippen molar-refractivity contribution in [1.29, 1.82) is 0 Å². The summed E-state index contributed by atoms with van der Waals surface area (Å²) in [6.07, 6.45) is 3.56. The lowest BCUT2D eigenvalue weighted by molar-refractivity contribution is 0.680. The summed E-state index contributed by atoms with van der Waals surface area (Å²) in [6, 6.07) is 13.8. The zero-order valence-electron chi connectivity index (χ0n) is 13.3. The Labute approximate surface area is 127 Å². The molecule has 0 heteroatoms. The van der Waals surface area contributed by atoms with E-state index in [-0.39, 0.29) is 5.41 Å². The van der Waals surface area contributed by atoms with Crippen LogP contribution in [0.25, 0.3) is 16.7 Å². The molecular formula is C21H22. The molecule has 0 heterocycles. The Morgan fingerprint density at radius 2 is 1.67 bits per heavy atom. The second kappa shape index (κ2) is 4.10. The van der Waals surface area contributed by atoms with Gasteiger partial charge in [-0.05, 0) is 57.4 Å². The Kier molecular flexibility index (Phi) is 2.52. The summed E-state index contributed by atoms with van der Waals surface area (Å²) in [5.74, 6) is 0.584. The minimum Gasteiger partial charge on any atom is -0.0704 e. The van der Waals surface area contributed by atoms with Crippen molar-refractivity contribution >= 4 is 5.57 Å². The quantitative estimate of drug-likeness (QED) is 0.542. The molecule has 0 aliphatic heterocycles. The lowest BCUT2D eigenvalue weighted by Crippen LogP contribution is -2.11. The van der Waals surface area contributed by atoms with Crippen LogP contribution in [-0.4, -0.2) is 0 Å². The summed E-state index contributed by atoms with van der Waals surface area (Å²) in [6.45, 7) is 9.29. The van der Waals surface area contributed by atoms with Crippen molar-refractivity contribution in [3.63, 3.8) is 0 Å². The van der Waals surface area contributed by atoms with E-state index in [1.54, 1.807) is 0 Å². The molecule has 0 nitrogen and oxygen atoms in total. The van der Waals surface area contributed by atoms with E-state index >= 15 is 0 Å².